The number of rotatable bonds is 3. The average Bonchev–Trinajstić information content (AvgIpc) is 2.15. The van der Waals surface area contributed by atoms with Crippen LogP contribution in [0, 0.1) is 12.3 Å². The van der Waals surface area contributed by atoms with Crippen LogP contribution in [0.2, 0.25) is 0 Å². The zero-order valence-corrected chi connectivity index (χ0v) is 9.96. The summed E-state index contributed by atoms with van der Waals surface area (Å²) < 4.78 is 1.88. The minimum atomic E-state index is 0.114. The van der Waals surface area contributed by atoms with Crippen molar-refractivity contribution in [2.24, 2.45) is 5.41 Å². The van der Waals surface area contributed by atoms with Crippen molar-refractivity contribution in [1.29, 1.82) is 0 Å². The van der Waals surface area contributed by atoms with Crippen molar-refractivity contribution in [2.75, 3.05) is 5.75 Å². The first-order valence-corrected chi connectivity index (χ1v) is 6.07. The monoisotopic (exact) mass is 223 g/mol. The highest BCUT2D eigenvalue weighted by Crippen LogP contribution is 2.43. The molecule has 0 atom stereocenters. The first kappa shape index (κ1) is 10.8. The highest BCUT2D eigenvalue weighted by atomic mass is 32.1. The Kier molecular flexibility index (Phi) is 2.91. The van der Waals surface area contributed by atoms with E-state index in [1.165, 1.54) is 19.3 Å². The van der Waals surface area contributed by atoms with Crippen molar-refractivity contribution in [2.45, 2.75) is 32.7 Å². The number of hydrogen-bond donors (Lipinski definition) is 1. The minimum absolute atomic E-state index is 0.114. The van der Waals surface area contributed by atoms with Gasteiger partial charge >= 0.3 is 0 Å². The Balaban J connectivity index is 2.27. The van der Waals surface area contributed by atoms with Crippen LogP contribution in [0.4, 0.5) is 0 Å². The van der Waals surface area contributed by atoms with Gasteiger partial charge in [0.05, 0.1) is 0 Å². The molecule has 0 saturated heterocycles. The van der Waals surface area contributed by atoms with Gasteiger partial charge in [0.15, 0.2) is 0 Å². The Bertz CT molecular complexity index is 401. The fourth-order valence-corrected chi connectivity index (χ4v) is 2.62. The lowest BCUT2D eigenvalue weighted by Gasteiger charge is -2.41. The lowest BCUT2D eigenvalue weighted by Crippen LogP contribution is -2.39. The van der Waals surface area contributed by atoms with E-state index in [1.807, 2.05) is 23.6 Å². The van der Waals surface area contributed by atoms with Crippen molar-refractivity contribution in [3.05, 3.63) is 34.2 Å². The molecule has 3 heteroatoms. The summed E-state index contributed by atoms with van der Waals surface area (Å²) in [5.41, 5.74) is 1.44. The van der Waals surface area contributed by atoms with Crippen LogP contribution in [-0.4, -0.2) is 10.3 Å². The molecule has 1 aromatic heterocycles. The normalized spacial score (nSPS) is 18.5. The van der Waals surface area contributed by atoms with E-state index in [0.717, 1.165) is 18.0 Å². The quantitative estimate of drug-likeness (QED) is 0.780. The second-order valence-corrected chi connectivity index (χ2v) is 4.92. The zero-order chi connectivity index (χ0) is 10.9. The summed E-state index contributed by atoms with van der Waals surface area (Å²) in [5, 5.41) is 0. The number of hydrogen-bond acceptors (Lipinski definition) is 2. The van der Waals surface area contributed by atoms with E-state index in [-0.39, 0.29) is 11.0 Å². The summed E-state index contributed by atoms with van der Waals surface area (Å²) >= 11 is 4.42. The van der Waals surface area contributed by atoms with Gasteiger partial charge in [-0.1, -0.05) is 12.5 Å². The largest absolute Gasteiger partial charge is 0.312 e. The molecule has 0 radical (unpaired) electrons. The zero-order valence-electron chi connectivity index (χ0n) is 9.07. The van der Waals surface area contributed by atoms with Gasteiger partial charge in [0.25, 0.3) is 5.56 Å². The van der Waals surface area contributed by atoms with Crippen LogP contribution >= 0.6 is 12.6 Å². The first-order chi connectivity index (χ1) is 7.17. The Morgan fingerprint density at radius 1 is 1.47 bits per heavy atom. The first-order valence-electron chi connectivity index (χ1n) is 5.44. The SMILES string of the molecule is Cc1cccc(=O)n1CC1(CS)CCC1. The molecule has 1 aliphatic carbocycles. The van der Waals surface area contributed by atoms with E-state index in [4.69, 9.17) is 0 Å². The maximum absolute atomic E-state index is 11.7. The molecule has 2 rings (SSSR count). The molecule has 1 aliphatic rings. The molecule has 0 aromatic carbocycles. The van der Waals surface area contributed by atoms with Crippen LogP contribution in [0.3, 0.4) is 0 Å². The van der Waals surface area contributed by atoms with E-state index in [1.54, 1.807) is 6.07 Å². The molecular weight excluding hydrogens is 206 g/mol. The predicted molar refractivity (Wildman–Crippen MR) is 65.6 cm³/mol. The molecule has 1 fully saturated rings. The van der Waals surface area contributed by atoms with Gasteiger partial charge in [0, 0.05) is 18.3 Å². The van der Waals surface area contributed by atoms with Gasteiger partial charge in [-0.15, -0.1) is 0 Å². The molecule has 15 heavy (non-hydrogen) atoms. The lowest BCUT2D eigenvalue weighted by atomic mass is 9.70. The second kappa shape index (κ2) is 4.05. The Labute approximate surface area is 95.7 Å². The van der Waals surface area contributed by atoms with E-state index in [0.29, 0.717) is 0 Å². The van der Waals surface area contributed by atoms with Crippen LogP contribution in [0.1, 0.15) is 25.0 Å². The summed E-state index contributed by atoms with van der Waals surface area (Å²) in [6, 6.07) is 5.45. The van der Waals surface area contributed by atoms with Crippen LogP contribution in [-0.2, 0) is 6.54 Å². The molecule has 1 heterocycles. The van der Waals surface area contributed by atoms with E-state index >= 15 is 0 Å². The van der Waals surface area contributed by atoms with Crippen LogP contribution < -0.4 is 5.56 Å². The third kappa shape index (κ3) is 1.98. The van der Waals surface area contributed by atoms with Crippen LogP contribution in [0.25, 0.3) is 0 Å². The van der Waals surface area contributed by atoms with E-state index in [9.17, 15) is 4.79 Å². The van der Waals surface area contributed by atoms with Crippen molar-refractivity contribution in [3.8, 4) is 0 Å². The Morgan fingerprint density at radius 2 is 2.20 bits per heavy atom. The number of thiol groups is 1. The second-order valence-electron chi connectivity index (χ2n) is 4.60. The smallest absolute Gasteiger partial charge is 0.250 e. The van der Waals surface area contributed by atoms with Gasteiger partial charge < -0.3 is 4.57 Å². The summed E-state index contributed by atoms with van der Waals surface area (Å²) in [4.78, 5) is 11.7. The topological polar surface area (TPSA) is 22.0 Å². The van der Waals surface area contributed by atoms with Crippen LogP contribution in [0.15, 0.2) is 23.0 Å². The van der Waals surface area contributed by atoms with E-state index < -0.39 is 0 Å². The van der Waals surface area contributed by atoms with E-state index in [2.05, 4.69) is 12.6 Å². The number of pyridine rings is 1. The molecule has 0 spiro atoms. The molecule has 0 bridgehead atoms. The van der Waals surface area contributed by atoms with Crippen molar-refractivity contribution in [3.63, 3.8) is 0 Å². The molecule has 2 nitrogen and oxygen atoms in total. The summed E-state index contributed by atoms with van der Waals surface area (Å²) in [6.07, 6.45) is 3.69. The molecule has 0 amide bonds. The number of aromatic nitrogens is 1. The molecule has 0 aliphatic heterocycles. The maximum atomic E-state index is 11.7. The van der Waals surface area contributed by atoms with Gasteiger partial charge in [-0.25, -0.2) is 0 Å². The number of aryl methyl sites for hydroxylation is 1. The molecule has 0 N–H and O–H groups in total. The lowest BCUT2D eigenvalue weighted by molar-refractivity contribution is 0.136. The summed E-state index contributed by atoms with van der Waals surface area (Å²) in [6.45, 7) is 2.83. The molecule has 82 valence electrons. The standard InChI is InChI=1S/C12H17NOS/c1-10-4-2-5-11(14)13(10)8-12(9-15)6-3-7-12/h2,4-5,15H,3,6-9H2,1H3. The van der Waals surface area contributed by atoms with Crippen molar-refractivity contribution in [1.82, 2.24) is 4.57 Å². The van der Waals surface area contributed by atoms with Gasteiger partial charge in [-0.2, -0.15) is 12.6 Å². The van der Waals surface area contributed by atoms with Crippen LogP contribution in [0.5, 0.6) is 0 Å². The van der Waals surface area contributed by atoms with Gasteiger partial charge in [0.1, 0.15) is 0 Å². The van der Waals surface area contributed by atoms with Gasteiger partial charge in [0.2, 0.25) is 0 Å². The molecular formula is C12H17NOS. The van der Waals surface area contributed by atoms with Gasteiger partial charge in [-0.3, -0.25) is 4.79 Å². The Hall–Kier alpha value is -0.700. The highest BCUT2D eigenvalue weighted by Gasteiger charge is 2.36. The average molecular weight is 223 g/mol. The molecule has 0 unspecified atom stereocenters. The Morgan fingerprint density at radius 3 is 2.67 bits per heavy atom. The van der Waals surface area contributed by atoms with Gasteiger partial charge in [-0.05, 0) is 37.0 Å². The highest BCUT2D eigenvalue weighted by molar-refractivity contribution is 7.80. The predicted octanol–water partition coefficient (Wildman–Crippen LogP) is 2.26. The summed E-state index contributed by atoms with van der Waals surface area (Å²) in [7, 11) is 0. The minimum Gasteiger partial charge on any atom is -0.312 e. The number of nitrogens with zero attached hydrogens (tertiary/aromatic N) is 1. The third-order valence-corrected chi connectivity index (χ3v) is 4.18. The third-order valence-electron chi connectivity index (χ3n) is 3.51. The fraction of sp³-hybridized carbons (Fsp3) is 0.583. The fourth-order valence-electron chi connectivity index (χ4n) is 2.20. The van der Waals surface area contributed by atoms with Crippen molar-refractivity contribution >= 4 is 12.6 Å². The maximum Gasteiger partial charge on any atom is 0.250 e. The van der Waals surface area contributed by atoms with Crippen molar-refractivity contribution < 1.29 is 0 Å². The molecule has 1 saturated carbocycles. The molecule has 1 aromatic rings. The summed E-state index contributed by atoms with van der Waals surface area (Å²) in [5.74, 6) is 0.883.